The van der Waals surface area contributed by atoms with Crippen molar-refractivity contribution in [1.82, 2.24) is 0 Å². The van der Waals surface area contributed by atoms with E-state index in [0.717, 1.165) is 0 Å². The van der Waals surface area contributed by atoms with Crippen LogP contribution in [0.3, 0.4) is 0 Å². The SMILES string of the molecule is CCc1ccc(NC(=O)C2CC2C(=O)O)cc1[N+](=O)[O-]. The molecule has 7 nitrogen and oxygen atoms in total. The van der Waals surface area contributed by atoms with Gasteiger partial charge in [0.05, 0.1) is 16.8 Å². The van der Waals surface area contributed by atoms with Crippen molar-refractivity contribution in [3.05, 3.63) is 33.9 Å². The van der Waals surface area contributed by atoms with Crippen LogP contribution in [0.25, 0.3) is 0 Å². The topological polar surface area (TPSA) is 110 Å². The Hall–Kier alpha value is -2.44. The molecule has 106 valence electrons. The van der Waals surface area contributed by atoms with E-state index < -0.39 is 28.6 Å². The first-order valence-corrected chi connectivity index (χ1v) is 6.25. The van der Waals surface area contributed by atoms with E-state index >= 15 is 0 Å². The maximum absolute atomic E-state index is 11.8. The molecule has 0 aliphatic heterocycles. The van der Waals surface area contributed by atoms with Gasteiger partial charge in [-0.2, -0.15) is 0 Å². The number of hydrogen-bond acceptors (Lipinski definition) is 4. The number of carbonyl (C=O) groups is 2. The lowest BCUT2D eigenvalue weighted by Gasteiger charge is -2.06. The number of carbonyl (C=O) groups excluding carboxylic acids is 1. The average molecular weight is 278 g/mol. The van der Waals surface area contributed by atoms with Gasteiger partial charge in [0.1, 0.15) is 0 Å². The Kier molecular flexibility index (Phi) is 3.69. The minimum Gasteiger partial charge on any atom is -0.481 e. The molecule has 0 bridgehead atoms. The van der Waals surface area contributed by atoms with Crippen LogP contribution in [0.15, 0.2) is 18.2 Å². The van der Waals surface area contributed by atoms with Crippen LogP contribution in [0.2, 0.25) is 0 Å². The summed E-state index contributed by atoms with van der Waals surface area (Å²) in [5.74, 6) is -2.58. The van der Waals surface area contributed by atoms with Crippen LogP contribution in [0.4, 0.5) is 11.4 Å². The zero-order valence-corrected chi connectivity index (χ0v) is 10.8. The van der Waals surface area contributed by atoms with E-state index in [4.69, 9.17) is 5.11 Å². The van der Waals surface area contributed by atoms with E-state index in [1.807, 2.05) is 6.92 Å². The second-order valence-corrected chi connectivity index (χ2v) is 4.73. The van der Waals surface area contributed by atoms with Crippen LogP contribution < -0.4 is 5.32 Å². The molecule has 1 aromatic carbocycles. The van der Waals surface area contributed by atoms with E-state index in [2.05, 4.69) is 5.32 Å². The summed E-state index contributed by atoms with van der Waals surface area (Å²) in [4.78, 5) is 32.9. The summed E-state index contributed by atoms with van der Waals surface area (Å²) in [6.07, 6.45) is 0.838. The predicted molar refractivity (Wildman–Crippen MR) is 70.3 cm³/mol. The third-order valence-electron chi connectivity index (χ3n) is 3.37. The molecule has 1 saturated carbocycles. The number of rotatable bonds is 5. The molecule has 2 atom stereocenters. The van der Waals surface area contributed by atoms with Crippen LogP contribution in [-0.2, 0) is 16.0 Å². The van der Waals surface area contributed by atoms with Crippen molar-refractivity contribution in [2.24, 2.45) is 11.8 Å². The molecule has 7 heteroatoms. The summed E-state index contributed by atoms with van der Waals surface area (Å²) in [5, 5.41) is 22.2. The van der Waals surface area contributed by atoms with Gasteiger partial charge < -0.3 is 10.4 Å². The van der Waals surface area contributed by atoms with Gasteiger partial charge in [0.15, 0.2) is 0 Å². The summed E-state index contributed by atoms with van der Waals surface area (Å²) in [5.41, 5.74) is 0.855. The molecule has 1 amide bonds. The third-order valence-corrected chi connectivity index (χ3v) is 3.37. The lowest BCUT2D eigenvalue weighted by molar-refractivity contribution is -0.385. The molecule has 0 aromatic heterocycles. The molecule has 20 heavy (non-hydrogen) atoms. The number of benzene rings is 1. The number of nitrogens with zero attached hydrogens (tertiary/aromatic N) is 1. The van der Waals surface area contributed by atoms with Crippen LogP contribution >= 0.6 is 0 Å². The van der Waals surface area contributed by atoms with Gasteiger partial charge in [-0.1, -0.05) is 13.0 Å². The maximum atomic E-state index is 11.8. The van der Waals surface area contributed by atoms with E-state index in [0.29, 0.717) is 24.1 Å². The highest BCUT2D eigenvalue weighted by Crippen LogP contribution is 2.39. The highest BCUT2D eigenvalue weighted by Gasteiger charge is 2.48. The molecule has 1 fully saturated rings. The number of nitro benzene ring substituents is 1. The molecule has 1 aliphatic carbocycles. The molecule has 0 heterocycles. The number of anilines is 1. The van der Waals surface area contributed by atoms with Crippen molar-refractivity contribution in [3.8, 4) is 0 Å². The fourth-order valence-corrected chi connectivity index (χ4v) is 2.10. The lowest BCUT2D eigenvalue weighted by Crippen LogP contribution is -2.17. The maximum Gasteiger partial charge on any atom is 0.307 e. The third kappa shape index (κ3) is 2.76. The summed E-state index contributed by atoms with van der Waals surface area (Å²) in [6.45, 7) is 1.81. The Morgan fingerprint density at radius 1 is 1.45 bits per heavy atom. The van der Waals surface area contributed by atoms with Gasteiger partial charge in [-0.15, -0.1) is 0 Å². The fraction of sp³-hybridized carbons (Fsp3) is 0.385. The van der Waals surface area contributed by atoms with Gasteiger partial charge in [-0.05, 0) is 18.9 Å². The summed E-state index contributed by atoms with van der Waals surface area (Å²) in [6, 6.07) is 4.48. The summed E-state index contributed by atoms with van der Waals surface area (Å²) < 4.78 is 0. The van der Waals surface area contributed by atoms with Crippen LogP contribution in [0, 0.1) is 22.0 Å². The summed E-state index contributed by atoms with van der Waals surface area (Å²) in [7, 11) is 0. The monoisotopic (exact) mass is 278 g/mol. The average Bonchev–Trinajstić information content (AvgIpc) is 3.18. The van der Waals surface area contributed by atoms with E-state index in [9.17, 15) is 19.7 Å². The predicted octanol–water partition coefficient (Wildman–Crippen LogP) is 1.82. The largest absolute Gasteiger partial charge is 0.481 e. The quantitative estimate of drug-likeness (QED) is 0.630. The smallest absolute Gasteiger partial charge is 0.307 e. The molecule has 2 rings (SSSR count). The highest BCUT2D eigenvalue weighted by molar-refractivity contribution is 5.98. The minimum absolute atomic E-state index is 0.0455. The highest BCUT2D eigenvalue weighted by atomic mass is 16.6. The molecular formula is C13H14N2O5. The summed E-state index contributed by atoms with van der Waals surface area (Å²) >= 11 is 0. The standard InChI is InChI=1S/C13H14N2O5/c1-2-7-3-4-8(5-11(7)15(19)20)14-12(16)9-6-10(9)13(17)18/h3-5,9-10H,2,6H2,1H3,(H,14,16)(H,17,18). The Morgan fingerprint density at radius 2 is 2.15 bits per heavy atom. The zero-order valence-electron chi connectivity index (χ0n) is 10.8. The minimum atomic E-state index is -0.988. The second kappa shape index (κ2) is 5.28. The van der Waals surface area contributed by atoms with Gasteiger partial charge in [0.25, 0.3) is 5.69 Å². The van der Waals surface area contributed by atoms with Crippen molar-refractivity contribution in [2.45, 2.75) is 19.8 Å². The Balaban J connectivity index is 2.11. The van der Waals surface area contributed by atoms with E-state index in [1.165, 1.54) is 6.07 Å². The number of hydrogen-bond donors (Lipinski definition) is 2. The van der Waals surface area contributed by atoms with Crippen molar-refractivity contribution in [1.29, 1.82) is 0 Å². The van der Waals surface area contributed by atoms with Crippen molar-refractivity contribution in [3.63, 3.8) is 0 Å². The first-order chi connectivity index (χ1) is 9.43. The number of aryl methyl sites for hydroxylation is 1. The van der Waals surface area contributed by atoms with Crippen LogP contribution in [-0.4, -0.2) is 21.9 Å². The normalized spacial score (nSPS) is 20.2. The zero-order chi connectivity index (χ0) is 14.9. The molecule has 2 unspecified atom stereocenters. The molecule has 0 saturated heterocycles. The molecule has 1 aliphatic rings. The van der Waals surface area contributed by atoms with E-state index in [-0.39, 0.29) is 5.69 Å². The first kappa shape index (κ1) is 14.0. The first-order valence-electron chi connectivity index (χ1n) is 6.25. The van der Waals surface area contributed by atoms with Crippen LogP contribution in [0.5, 0.6) is 0 Å². The van der Waals surface area contributed by atoms with Gasteiger partial charge in [-0.3, -0.25) is 19.7 Å². The number of carboxylic acids is 1. The Morgan fingerprint density at radius 3 is 2.65 bits per heavy atom. The number of nitrogens with one attached hydrogen (secondary N) is 1. The molecule has 2 N–H and O–H groups in total. The van der Waals surface area contributed by atoms with E-state index in [1.54, 1.807) is 12.1 Å². The number of amides is 1. The number of aliphatic carboxylic acids is 1. The molecule has 0 radical (unpaired) electrons. The second-order valence-electron chi connectivity index (χ2n) is 4.73. The number of carboxylic acid groups (broad SMARTS) is 1. The molecule has 1 aromatic rings. The van der Waals surface area contributed by atoms with Crippen LogP contribution in [0.1, 0.15) is 18.9 Å². The number of nitro groups is 1. The van der Waals surface area contributed by atoms with Crippen molar-refractivity contribution < 1.29 is 19.6 Å². The van der Waals surface area contributed by atoms with Gasteiger partial charge in [0, 0.05) is 17.3 Å². The fourth-order valence-electron chi connectivity index (χ4n) is 2.10. The van der Waals surface area contributed by atoms with Gasteiger partial charge >= 0.3 is 5.97 Å². The van der Waals surface area contributed by atoms with Crippen molar-refractivity contribution >= 4 is 23.3 Å². The van der Waals surface area contributed by atoms with Crippen molar-refractivity contribution in [2.75, 3.05) is 5.32 Å². The Labute approximate surface area is 114 Å². The molecular weight excluding hydrogens is 264 g/mol. The van der Waals surface area contributed by atoms with Gasteiger partial charge in [0.2, 0.25) is 5.91 Å². The lowest BCUT2D eigenvalue weighted by atomic mass is 10.1. The van der Waals surface area contributed by atoms with Gasteiger partial charge in [-0.25, -0.2) is 0 Å². The Bertz CT molecular complexity index is 584. The molecule has 0 spiro atoms.